The monoisotopic (exact) mass is 274 g/mol. The summed E-state index contributed by atoms with van der Waals surface area (Å²) in [5.41, 5.74) is -1.35. The number of hydrogen-bond acceptors (Lipinski definition) is 6. The molecular weight excluding hydrogens is 252 g/mol. The zero-order valence-corrected chi connectivity index (χ0v) is 11.6. The average Bonchev–Trinajstić information content (AvgIpc) is 2.41. The van der Waals surface area contributed by atoms with Gasteiger partial charge in [-0.2, -0.15) is 0 Å². The molecule has 0 saturated carbocycles. The number of carbonyl (C=O) groups is 2. The van der Waals surface area contributed by atoms with E-state index in [9.17, 15) is 14.7 Å². The standard InChI is InChI=1S/C13H22O6/c1-4-19-11(16)7-8-13(2,12(17)18-3)10(15)6-5-9-14/h7-8,10,14-15H,4-6,9H2,1-3H3. The Morgan fingerprint density at radius 2 is 2.05 bits per heavy atom. The second kappa shape index (κ2) is 8.66. The van der Waals surface area contributed by atoms with E-state index in [0.717, 1.165) is 6.08 Å². The van der Waals surface area contributed by atoms with E-state index in [-0.39, 0.29) is 19.6 Å². The van der Waals surface area contributed by atoms with Crippen molar-refractivity contribution in [3.05, 3.63) is 12.2 Å². The van der Waals surface area contributed by atoms with Gasteiger partial charge in [-0.15, -0.1) is 0 Å². The molecule has 0 heterocycles. The zero-order chi connectivity index (χ0) is 14.9. The van der Waals surface area contributed by atoms with Crippen LogP contribution >= 0.6 is 0 Å². The lowest BCUT2D eigenvalue weighted by molar-refractivity contribution is -0.154. The van der Waals surface area contributed by atoms with Gasteiger partial charge in [0.15, 0.2) is 0 Å². The molecule has 6 nitrogen and oxygen atoms in total. The van der Waals surface area contributed by atoms with Gasteiger partial charge in [0.1, 0.15) is 5.41 Å². The number of methoxy groups -OCH3 is 1. The summed E-state index contributed by atoms with van der Waals surface area (Å²) < 4.78 is 9.36. The molecule has 0 rings (SSSR count). The summed E-state index contributed by atoms with van der Waals surface area (Å²) in [6.45, 7) is 3.28. The average molecular weight is 274 g/mol. The van der Waals surface area contributed by atoms with Crippen LogP contribution < -0.4 is 0 Å². The van der Waals surface area contributed by atoms with Gasteiger partial charge in [-0.05, 0) is 26.7 Å². The molecule has 0 saturated heterocycles. The van der Waals surface area contributed by atoms with Gasteiger partial charge in [-0.25, -0.2) is 4.79 Å². The first kappa shape index (κ1) is 17.6. The van der Waals surface area contributed by atoms with Gasteiger partial charge < -0.3 is 19.7 Å². The molecule has 0 amide bonds. The molecule has 0 aromatic heterocycles. The molecule has 0 aliphatic carbocycles. The number of rotatable bonds is 8. The van der Waals surface area contributed by atoms with Crippen LogP contribution in [0.1, 0.15) is 26.7 Å². The van der Waals surface area contributed by atoms with Crippen LogP contribution in [0.4, 0.5) is 0 Å². The Bertz CT molecular complexity index is 325. The summed E-state index contributed by atoms with van der Waals surface area (Å²) in [6.07, 6.45) is 1.88. The van der Waals surface area contributed by atoms with Gasteiger partial charge in [0.2, 0.25) is 0 Å². The second-order valence-electron chi connectivity index (χ2n) is 4.24. The van der Waals surface area contributed by atoms with E-state index in [1.54, 1.807) is 6.92 Å². The highest BCUT2D eigenvalue weighted by Crippen LogP contribution is 2.28. The Morgan fingerprint density at radius 1 is 1.42 bits per heavy atom. The fraction of sp³-hybridized carbons (Fsp3) is 0.692. The first-order chi connectivity index (χ1) is 8.92. The fourth-order valence-electron chi connectivity index (χ4n) is 1.55. The summed E-state index contributed by atoms with van der Waals surface area (Å²) in [7, 11) is 1.21. The van der Waals surface area contributed by atoms with Crippen molar-refractivity contribution in [1.29, 1.82) is 0 Å². The number of esters is 2. The molecule has 0 aliphatic rings. The Kier molecular flexibility index (Phi) is 8.02. The minimum atomic E-state index is -1.35. The summed E-state index contributed by atoms with van der Waals surface area (Å²) >= 11 is 0. The molecule has 2 unspecified atom stereocenters. The van der Waals surface area contributed by atoms with E-state index in [0.29, 0.717) is 6.42 Å². The third-order valence-electron chi connectivity index (χ3n) is 2.81. The van der Waals surface area contributed by atoms with Crippen molar-refractivity contribution in [3.8, 4) is 0 Å². The van der Waals surface area contributed by atoms with Gasteiger partial charge in [0.25, 0.3) is 0 Å². The first-order valence-electron chi connectivity index (χ1n) is 6.15. The fourth-order valence-corrected chi connectivity index (χ4v) is 1.55. The maximum Gasteiger partial charge on any atom is 0.330 e. The Hall–Kier alpha value is -1.40. The van der Waals surface area contributed by atoms with Gasteiger partial charge in [0.05, 0.1) is 19.8 Å². The van der Waals surface area contributed by atoms with Gasteiger partial charge in [-0.3, -0.25) is 4.79 Å². The van der Waals surface area contributed by atoms with Crippen LogP contribution in [0.15, 0.2) is 12.2 Å². The maximum atomic E-state index is 11.8. The Labute approximate surface area is 113 Å². The maximum absolute atomic E-state index is 11.8. The molecule has 0 fully saturated rings. The normalized spacial score (nSPS) is 15.8. The summed E-state index contributed by atoms with van der Waals surface area (Å²) in [5.74, 6) is -1.24. The van der Waals surface area contributed by atoms with Crippen molar-refractivity contribution in [1.82, 2.24) is 0 Å². The predicted molar refractivity (Wildman–Crippen MR) is 68.2 cm³/mol. The highest BCUT2D eigenvalue weighted by molar-refractivity contribution is 5.85. The number of ether oxygens (including phenoxy) is 2. The van der Waals surface area contributed by atoms with Crippen molar-refractivity contribution in [2.45, 2.75) is 32.8 Å². The van der Waals surface area contributed by atoms with Crippen LogP contribution in [0.25, 0.3) is 0 Å². The molecule has 0 spiro atoms. The smallest absolute Gasteiger partial charge is 0.330 e. The van der Waals surface area contributed by atoms with E-state index >= 15 is 0 Å². The zero-order valence-electron chi connectivity index (χ0n) is 11.6. The number of aliphatic hydroxyl groups is 2. The number of hydrogen-bond donors (Lipinski definition) is 2. The van der Waals surface area contributed by atoms with Crippen LogP contribution in [0, 0.1) is 5.41 Å². The van der Waals surface area contributed by atoms with Crippen molar-refractivity contribution in [3.63, 3.8) is 0 Å². The van der Waals surface area contributed by atoms with E-state index in [1.807, 2.05) is 0 Å². The highest BCUT2D eigenvalue weighted by Gasteiger charge is 2.39. The third kappa shape index (κ3) is 5.40. The Morgan fingerprint density at radius 3 is 2.53 bits per heavy atom. The molecule has 0 bridgehead atoms. The van der Waals surface area contributed by atoms with Crippen molar-refractivity contribution >= 4 is 11.9 Å². The summed E-state index contributed by atoms with van der Waals surface area (Å²) in [6, 6.07) is 0. The predicted octanol–water partition coefficient (Wildman–Crippen LogP) is 0.418. The van der Waals surface area contributed by atoms with E-state index in [4.69, 9.17) is 9.84 Å². The molecular formula is C13H22O6. The lowest BCUT2D eigenvalue weighted by Crippen LogP contribution is -2.39. The lowest BCUT2D eigenvalue weighted by Gasteiger charge is -2.28. The van der Waals surface area contributed by atoms with Gasteiger partial charge in [0, 0.05) is 12.7 Å². The minimum Gasteiger partial charge on any atom is -0.468 e. The van der Waals surface area contributed by atoms with Crippen LogP contribution in [0.3, 0.4) is 0 Å². The van der Waals surface area contributed by atoms with Crippen molar-refractivity contribution in [2.24, 2.45) is 5.41 Å². The second-order valence-corrected chi connectivity index (χ2v) is 4.24. The lowest BCUT2D eigenvalue weighted by atomic mass is 9.81. The van der Waals surface area contributed by atoms with Crippen LogP contribution in [0.5, 0.6) is 0 Å². The van der Waals surface area contributed by atoms with Crippen molar-refractivity contribution in [2.75, 3.05) is 20.3 Å². The highest BCUT2D eigenvalue weighted by atomic mass is 16.5. The molecule has 110 valence electrons. The van der Waals surface area contributed by atoms with Crippen LogP contribution in [-0.2, 0) is 19.1 Å². The van der Waals surface area contributed by atoms with E-state index in [2.05, 4.69) is 4.74 Å². The molecule has 0 aliphatic heterocycles. The first-order valence-corrected chi connectivity index (χ1v) is 6.15. The molecule has 0 aromatic carbocycles. The topological polar surface area (TPSA) is 93.1 Å². The van der Waals surface area contributed by atoms with Gasteiger partial charge in [-0.1, -0.05) is 6.08 Å². The molecule has 0 radical (unpaired) electrons. The van der Waals surface area contributed by atoms with Crippen molar-refractivity contribution < 1.29 is 29.3 Å². The van der Waals surface area contributed by atoms with E-state index in [1.165, 1.54) is 20.1 Å². The largest absolute Gasteiger partial charge is 0.468 e. The minimum absolute atomic E-state index is 0.0874. The number of aliphatic hydroxyl groups excluding tert-OH is 2. The Balaban J connectivity index is 4.96. The molecule has 2 atom stereocenters. The van der Waals surface area contributed by atoms with Crippen LogP contribution in [0.2, 0.25) is 0 Å². The summed E-state index contributed by atoms with van der Waals surface area (Å²) in [4.78, 5) is 23.0. The molecule has 19 heavy (non-hydrogen) atoms. The third-order valence-corrected chi connectivity index (χ3v) is 2.81. The van der Waals surface area contributed by atoms with Crippen LogP contribution in [-0.4, -0.2) is 48.6 Å². The molecule has 6 heteroatoms. The SMILES string of the molecule is CCOC(=O)C=CC(C)(C(=O)OC)C(O)CCCO. The van der Waals surface area contributed by atoms with E-state index < -0.39 is 23.5 Å². The molecule has 0 aromatic rings. The number of carbonyl (C=O) groups excluding carboxylic acids is 2. The quantitative estimate of drug-likeness (QED) is 0.492. The molecule has 2 N–H and O–H groups in total. The van der Waals surface area contributed by atoms with Gasteiger partial charge >= 0.3 is 11.9 Å². The summed E-state index contributed by atoms with van der Waals surface area (Å²) in [5, 5.41) is 18.8.